The average Bonchev–Trinajstić information content (AvgIpc) is 2.63. The number of morpholine rings is 1. The first-order valence-electron chi connectivity index (χ1n) is 9.59. The van der Waals surface area contributed by atoms with Crippen LogP contribution in [0.3, 0.4) is 0 Å². The van der Waals surface area contributed by atoms with Gasteiger partial charge in [0, 0.05) is 26.2 Å². The second-order valence-electron chi connectivity index (χ2n) is 7.19. The summed E-state index contributed by atoms with van der Waals surface area (Å²) in [5.41, 5.74) is 5.39. The van der Waals surface area contributed by atoms with Gasteiger partial charge in [-0.3, -0.25) is 14.2 Å². The minimum absolute atomic E-state index is 0.158. The SMILES string of the molecule is CCCn1c(N)c(N2CCOCC2)c(=O)n(CC(=O)NCCC(C)C)c1=O. The van der Waals surface area contributed by atoms with Crippen molar-refractivity contribution in [2.24, 2.45) is 5.92 Å². The lowest BCUT2D eigenvalue weighted by Crippen LogP contribution is -2.49. The number of nitrogen functional groups attached to an aromatic ring is 1. The molecule has 2 heterocycles. The maximum atomic E-state index is 13.0. The van der Waals surface area contributed by atoms with Crippen LogP contribution in [0, 0.1) is 5.92 Å². The summed E-state index contributed by atoms with van der Waals surface area (Å²) in [6.07, 6.45) is 1.52. The van der Waals surface area contributed by atoms with Gasteiger partial charge in [0.25, 0.3) is 5.56 Å². The summed E-state index contributed by atoms with van der Waals surface area (Å²) in [4.78, 5) is 39.9. The van der Waals surface area contributed by atoms with E-state index >= 15 is 0 Å². The molecule has 0 aromatic carbocycles. The van der Waals surface area contributed by atoms with Crippen molar-refractivity contribution in [2.45, 2.75) is 46.7 Å². The molecule has 0 saturated carbocycles. The summed E-state index contributed by atoms with van der Waals surface area (Å²) in [5, 5.41) is 2.77. The number of carbonyl (C=O) groups excluding carboxylic acids is 1. The fraction of sp³-hybridized carbons (Fsp3) is 0.722. The van der Waals surface area contributed by atoms with E-state index in [2.05, 4.69) is 19.2 Å². The van der Waals surface area contributed by atoms with Crippen LogP contribution in [0.5, 0.6) is 0 Å². The van der Waals surface area contributed by atoms with E-state index < -0.39 is 11.2 Å². The predicted molar refractivity (Wildman–Crippen MR) is 105 cm³/mol. The van der Waals surface area contributed by atoms with E-state index in [1.165, 1.54) is 4.57 Å². The molecule has 9 nitrogen and oxygen atoms in total. The van der Waals surface area contributed by atoms with E-state index in [1.54, 1.807) is 0 Å². The zero-order chi connectivity index (χ0) is 20.0. The molecule has 0 unspecified atom stereocenters. The molecule has 1 saturated heterocycles. The van der Waals surface area contributed by atoms with Gasteiger partial charge in [0.1, 0.15) is 18.1 Å². The van der Waals surface area contributed by atoms with Crippen LogP contribution >= 0.6 is 0 Å². The van der Waals surface area contributed by atoms with Crippen molar-refractivity contribution in [3.8, 4) is 0 Å². The Morgan fingerprint density at radius 3 is 2.48 bits per heavy atom. The van der Waals surface area contributed by atoms with Gasteiger partial charge in [-0.25, -0.2) is 9.36 Å². The lowest BCUT2D eigenvalue weighted by molar-refractivity contribution is -0.121. The molecular weight excluding hydrogens is 350 g/mol. The van der Waals surface area contributed by atoms with Crippen LogP contribution in [-0.4, -0.2) is 47.9 Å². The number of nitrogens with one attached hydrogen (secondary N) is 1. The summed E-state index contributed by atoms with van der Waals surface area (Å²) >= 11 is 0. The summed E-state index contributed by atoms with van der Waals surface area (Å²) in [6.45, 7) is 8.66. The number of nitrogens with two attached hydrogens (primary N) is 1. The van der Waals surface area contributed by atoms with Crippen molar-refractivity contribution >= 4 is 17.4 Å². The first-order chi connectivity index (χ1) is 12.9. The number of amides is 1. The van der Waals surface area contributed by atoms with Gasteiger partial charge in [0.2, 0.25) is 5.91 Å². The predicted octanol–water partition coefficient (Wildman–Crippen LogP) is 0.00110. The highest BCUT2D eigenvalue weighted by atomic mass is 16.5. The standard InChI is InChI=1S/C18H31N5O4/c1-4-7-22-16(19)15(21-8-10-27-11-9-21)17(25)23(18(22)26)12-14(24)20-6-5-13(2)3/h13H,4-12,19H2,1-3H3,(H,20,24). The third-order valence-electron chi connectivity index (χ3n) is 4.56. The van der Waals surface area contributed by atoms with E-state index in [0.717, 1.165) is 11.0 Å². The average molecular weight is 381 g/mol. The molecule has 2 rings (SSSR count). The van der Waals surface area contributed by atoms with Crippen LogP contribution in [0.4, 0.5) is 11.5 Å². The Labute approximate surface area is 159 Å². The Morgan fingerprint density at radius 2 is 1.89 bits per heavy atom. The maximum Gasteiger partial charge on any atom is 0.333 e. The molecule has 0 atom stereocenters. The number of hydrogen-bond acceptors (Lipinski definition) is 6. The highest BCUT2D eigenvalue weighted by Gasteiger charge is 2.24. The lowest BCUT2D eigenvalue weighted by Gasteiger charge is -2.30. The number of hydrogen-bond donors (Lipinski definition) is 2. The third-order valence-corrected chi connectivity index (χ3v) is 4.56. The molecule has 27 heavy (non-hydrogen) atoms. The van der Waals surface area contributed by atoms with Crippen LogP contribution in [0.2, 0.25) is 0 Å². The molecule has 1 aromatic rings. The van der Waals surface area contributed by atoms with Crippen LogP contribution in [0.15, 0.2) is 9.59 Å². The number of anilines is 2. The number of rotatable bonds is 8. The van der Waals surface area contributed by atoms with E-state index in [0.29, 0.717) is 51.7 Å². The van der Waals surface area contributed by atoms with Gasteiger partial charge < -0.3 is 20.7 Å². The first kappa shape index (κ1) is 21.0. The van der Waals surface area contributed by atoms with Gasteiger partial charge in [-0.1, -0.05) is 20.8 Å². The molecule has 3 N–H and O–H groups in total. The molecule has 1 aromatic heterocycles. The zero-order valence-corrected chi connectivity index (χ0v) is 16.5. The number of ether oxygens (including phenoxy) is 1. The molecule has 1 aliphatic rings. The van der Waals surface area contributed by atoms with Crippen LogP contribution < -0.4 is 27.2 Å². The molecule has 1 amide bonds. The highest BCUT2D eigenvalue weighted by Crippen LogP contribution is 2.18. The second kappa shape index (κ2) is 9.59. The summed E-state index contributed by atoms with van der Waals surface area (Å²) < 4.78 is 7.71. The van der Waals surface area contributed by atoms with Crippen LogP contribution in [-0.2, 0) is 22.6 Å². The number of carbonyl (C=O) groups is 1. The van der Waals surface area contributed by atoms with Crippen molar-refractivity contribution in [1.29, 1.82) is 0 Å². The quantitative estimate of drug-likeness (QED) is 0.656. The summed E-state index contributed by atoms with van der Waals surface area (Å²) in [6, 6.07) is 0. The van der Waals surface area contributed by atoms with Gasteiger partial charge in [0.05, 0.1) is 13.2 Å². The van der Waals surface area contributed by atoms with Crippen molar-refractivity contribution < 1.29 is 9.53 Å². The molecular formula is C18H31N5O4. The molecule has 1 aliphatic heterocycles. The van der Waals surface area contributed by atoms with Crippen LogP contribution in [0.1, 0.15) is 33.6 Å². The maximum absolute atomic E-state index is 13.0. The summed E-state index contributed by atoms with van der Waals surface area (Å²) in [7, 11) is 0. The minimum Gasteiger partial charge on any atom is -0.383 e. The van der Waals surface area contributed by atoms with Gasteiger partial charge in [-0.2, -0.15) is 0 Å². The van der Waals surface area contributed by atoms with Crippen molar-refractivity contribution in [2.75, 3.05) is 43.5 Å². The largest absolute Gasteiger partial charge is 0.383 e. The normalized spacial score (nSPS) is 14.6. The van der Waals surface area contributed by atoms with Gasteiger partial charge in [-0.05, 0) is 18.8 Å². The molecule has 9 heteroatoms. The van der Waals surface area contributed by atoms with Gasteiger partial charge in [0.15, 0.2) is 0 Å². The van der Waals surface area contributed by atoms with E-state index in [9.17, 15) is 14.4 Å². The zero-order valence-electron chi connectivity index (χ0n) is 16.5. The van der Waals surface area contributed by atoms with E-state index in [1.807, 2.05) is 11.8 Å². The second-order valence-corrected chi connectivity index (χ2v) is 7.19. The van der Waals surface area contributed by atoms with E-state index in [-0.39, 0.29) is 24.0 Å². The Kier molecular flexibility index (Phi) is 7.46. The first-order valence-corrected chi connectivity index (χ1v) is 9.59. The van der Waals surface area contributed by atoms with Gasteiger partial charge in [-0.15, -0.1) is 0 Å². The Bertz CT molecular complexity index is 762. The fourth-order valence-corrected chi connectivity index (χ4v) is 3.06. The van der Waals surface area contributed by atoms with Crippen molar-refractivity contribution in [1.82, 2.24) is 14.5 Å². The Balaban J connectivity index is 2.37. The highest BCUT2D eigenvalue weighted by molar-refractivity contribution is 5.76. The molecule has 0 radical (unpaired) electrons. The smallest absolute Gasteiger partial charge is 0.333 e. The number of aromatic nitrogens is 2. The summed E-state index contributed by atoms with van der Waals surface area (Å²) in [5.74, 6) is 0.264. The molecule has 0 spiro atoms. The molecule has 1 fully saturated rings. The Morgan fingerprint density at radius 1 is 1.22 bits per heavy atom. The van der Waals surface area contributed by atoms with Gasteiger partial charge >= 0.3 is 5.69 Å². The van der Waals surface area contributed by atoms with Crippen molar-refractivity contribution in [3.05, 3.63) is 20.8 Å². The van der Waals surface area contributed by atoms with Crippen LogP contribution in [0.25, 0.3) is 0 Å². The number of nitrogens with zero attached hydrogens (tertiary/aromatic N) is 3. The molecule has 0 aliphatic carbocycles. The fourth-order valence-electron chi connectivity index (χ4n) is 3.06. The van der Waals surface area contributed by atoms with Crippen molar-refractivity contribution in [3.63, 3.8) is 0 Å². The minimum atomic E-state index is -0.546. The van der Waals surface area contributed by atoms with E-state index in [4.69, 9.17) is 10.5 Å². The Hall–Kier alpha value is -2.29. The third kappa shape index (κ3) is 5.12. The lowest BCUT2D eigenvalue weighted by atomic mass is 10.1. The molecule has 0 bridgehead atoms. The topological polar surface area (TPSA) is 112 Å². The molecule has 152 valence electrons. The monoisotopic (exact) mass is 381 g/mol.